The molecule has 2 heterocycles. The number of benzene rings is 1. The highest BCUT2D eigenvalue weighted by Gasteiger charge is 2.25. The fraction of sp³-hybridized carbons (Fsp3) is 0.400. The van der Waals surface area contributed by atoms with E-state index in [9.17, 15) is 4.79 Å². The molecule has 110 valence electrons. The Bertz CT molecular complexity index is 665. The number of aromatic nitrogens is 3. The van der Waals surface area contributed by atoms with Crippen LogP contribution in [0.15, 0.2) is 24.4 Å². The van der Waals surface area contributed by atoms with Gasteiger partial charge in [-0.05, 0) is 31.4 Å². The van der Waals surface area contributed by atoms with Crippen LogP contribution in [0.4, 0.5) is 0 Å². The Morgan fingerprint density at radius 3 is 3.14 bits per heavy atom. The minimum atomic E-state index is -0.433. The highest BCUT2D eigenvalue weighted by Crippen LogP contribution is 2.28. The van der Waals surface area contributed by atoms with Crippen LogP contribution < -0.4 is 10.1 Å². The smallest absolute Gasteiger partial charge is 0.261 e. The third-order valence-corrected chi connectivity index (χ3v) is 3.54. The number of aryl methyl sites for hydroxylation is 3. The summed E-state index contributed by atoms with van der Waals surface area (Å²) in [5.41, 5.74) is 3.12. The Hall–Kier alpha value is -2.37. The first kappa shape index (κ1) is 13.6. The molecule has 6 heteroatoms. The molecule has 1 amide bonds. The Balaban J connectivity index is 1.60. The van der Waals surface area contributed by atoms with Crippen molar-refractivity contribution in [3.05, 3.63) is 41.2 Å². The Kier molecular flexibility index (Phi) is 3.60. The van der Waals surface area contributed by atoms with E-state index >= 15 is 0 Å². The second-order valence-corrected chi connectivity index (χ2v) is 5.30. The third-order valence-electron chi connectivity index (χ3n) is 3.54. The van der Waals surface area contributed by atoms with Gasteiger partial charge in [-0.1, -0.05) is 17.7 Å². The van der Waals surface area contributed by atoms with Crippen molar-refractivity contribution in [2.24, 2.45) is 7.05 Å². The lowest BCUT2D eigenvalue weighted by Crippen LogP contribution is -2.40. The predicted octanol–water partition coefficient (Wildman–Crippen LogP) is 1.13. The van der Waals surface area contributed by atoms with Gasteiger partial charge in [-0.3, -0.25) is 4.79 Å². The van der Waals surface area contributed by atoms with Crippen molar-refractivity contribution >= 4 is 5.91 Å². The van der Waals surface area contributed by atoms with Crippen LogP contribution in [0.25, 0.3) is 0 Å². The SMILES string of the molecule is Cc1ccc2c(c1)CCC(C(=O)NCc1cnn(C)n1)O2. The van der Waals surface area contributed by atoms with Gasteiger partial charge in [-0.2, -0.15) is 15.0 Å². The summed E-state index contributed by atoms with van der Waals surface area (Å²) in [6.07, 6.45) is 2.76. The number of ether oxygens (including phenoxy) is 1. The summed E-state index contributed by atoms with van der Waals surface area (Å²) >= 11 is 0. The van der Waals surface area contributed by atoms with Gasteiger partial charge in [0.2, 0.25) is 0 Å². The number of carbonyl (C=O) groups excluding carboxylic acids is 1. The fourth-order valence-electron chi connectivity index (χ4n) is 2.46. The third kappa shape index (κ3) is 3.04. The summed E-state index contributed by atoms with van der Waals surface area (Å²) in [6.45, 7) is 2.42. The molecule has 1 aromatic heterocycles. The van der Waals surface area contributed by atoms with Crippen molar-refractivity contribution in [2.45, 2.75) is 32.4 Å². The summed E-state index contributed by atoms with van der Waals surface area (Å²) in [7, 11) is 1.74. The average Bonchev–Trinajstić information content (AvgIpc) is 2.90. The summed E-state index contributed by atoms with van der Waals surface area (Å²) < 4.78 is 5.79. The standard InChI is InChI=1S/C15H18N4O2/c1-10-3-5-13-11(7-10)4-6-14(21-13)15(20)16-8-12-9-17-19(2)18-12/h3,5,7,9,14H,4,6,8H2,1-2H3,(H,16,20). The van der Waals surface area contributed by atoms with E-state index < -0.39 is 6.10 Å². The van der Waals surface area contributed by atoms with Gasteiger partial charge in [0, 0.05) is 7.05 Å². The fourth-order valence-corrected chi connectivity index (χ4v) is 2.46. The molecule has 6 nitrogen and oxygen atoms in total. The van der Waals surface area contributed by atoms with Crippen molar-refractivity contribution < 1.29 is 9.53 Å². The zero-order chi connectivity index (χ0) is 14.8. The Labute approximate surface area is 123 Å². The van der Waals surface area contributed by atoms with Crippen LogP contribution in [0.2, 0.25) is 0 Å². The maximum absolute atomic E-state index is 12.2. The van der Waals surface area contributed by atoms with E-state index in [1.54, 1.807) is 13.2 Å². The van der Waals surface area contributed by atoms with Crippen molar-refractivity contribution in [2.75, 3.05) is 0 Å². The summed E-state index contributed by atoms with van der Waals surface area (Å²) in [5, 5.41) is 10.9. The minimum Gasteiger partial charge on any atom is -0.480 e. The molecule has 0 spiro atoms. The molecule has 1 aliphatic rings. The largest absolute Gasteiger partial charge is 0.480 e. The molecular weight excluding hydrogens is 268 g/mol. The molecule has 1 aliphatic heterocycles. The first-order chi connectivity index (χ1) is 10.1. The van der Waals surface area contributed by atoms with Crippen LogP contribution in [0.5, 0.6) is 5.75 Å². The van der Waals surface area contributed by atoms with Gasteiger partial charge < -0.3 is 10.1 Å². The molecule has 0 fully saturated rings. The normalized spacial score (nSPS) is 17.0. The lowest BCUT2D eigenvalue weighted by molar-refractivity contribution is -0.128. The number of carbonyl (C=O) groups is 1. The van der Waals surface area contributed by atoms with Gasteiger partial charge in [-0.25, -0.2) is 0 Å². The quantitative estimate of drug-likeness (QED) is 0.918. The molecule has 3 rings (SSSR count). The van der Waals surface area contributed by atoms with Crippen molar-refractivity contribution in [3.63, 3.8) is 0 Å². The van der Waals surface area contributed by atoms with E-state index in [2.05, 4.69) is 28.5 Å². The molecule has 2 aromatic rings. The molecular formula is C15H18N4O2. The number of hydrogen-bond acceptors (Lipinski definition) is 4. The molecule has 1 atom stereocenters. The molecule has 0 saturated heterocycles. The van der Waals surface area contributed by atoms with E-state index in [-0.39, 0.29) is 5.91 Å². The zero-order valence-corrected chi connectivity index (χ0v) is 12.2. The molecule has 0 saturated carbocycles. The molecule has 21 heavy (non-hydrogen) atoms. The van der Waals surface area contributed by atoms with Crippen LogP contribution in [0.3, 0.4) is 0 Å². The van der Waals surface area contributed by atoms with E-state index in [1.807, 2.05) is 12.1 Å². The summed E-state index contributed by atoms with van der Waals surface area (Å²) in [6, 6.07) is 6.05. The van der Waals surface area contributed by atoms with Gasteiger partial charge in [0.05, 0.1) is 12.7 Å². The van der Waals surface area contributed by atoms with Gasteiger partial charge in [0.25, 0.3) is 5.91 Å². The molecule has 1 unspecified atom stereocenters. The van der Waals surface area contributed by atoms with Crippen molar-refractivity contribution in [1.82, 2.24) is 20.3 Å². The monoisotopic (exact) mass is 286 g/mol. The number of nitrogens with zero attached hydrogens (tertiary/aromatic N) is 3. The van der Waals surface area contributed by atoms with E-state index in [0.717, 1.165) is 17.9 Å². The van der Waals surface area contributed by atoms with Crippen LogP contribution in [-0.2, 0) is 24.8 Å². The first-order valence-corrected chi connectivity index (χ1v) is 7.01. The van der Waals surface area contributed by atoms with E-state index in [1.165, 1.54) is 15.9 Å². The maximum atomic E-state index is 12.2. The number of hydrogen-bond donors (Lipinski definition) is 1. The average molecular weight is 286 g/mol. The topological polar surface area (TPSA) is 69.0 Å². The van der Waals surface area contributed by atoms with Crippen LogP contribution in [0.1, 0.15) is 23.2 Å². The number of nitrogens with one attached hydrogen (secondary N) is 1. The highest BCUT2D eigenvalue weighted by molar-refractivity contribution is 5.81. The molecule has 0 radical (unpaired) electrons. The highest BCUT2D eigenvalue weighted by atomic mass is 16.5. The predicted molar refractivity (Wildman–Crippen MR) is 76.8 cm³/mol. The number of fused-ring (bicyclic) bond motifs is 1. The lowest BCUT2D eigenvalue weighted by Gasteiger charge is -2.25. The maximum Gasteiger partial charge on any atom is 0.261 e. The lowest BCUT2D eigenvalue weighted by atomic mass is 10.00. The second-order valence-electron chi connectivity index (χ2n) is 5.30. The zero-order valence-electron chi connectivity index (χ0n) is 12.2. The van der Waals surface area contributed by atoms with Crippen molar-refractivity contribution in [1.29, 1.82) is 0 Å². The number of amides is 1. The first-order valence-electron chi connectivity index (χ1n) is 7.01. The Morgan fingerprint density at radius 2 is 2.38 bits per heavy atom. The van der Waals surface area contributed by atoms with Crippen LogP contribution >= 0.6 is 0 Å². The van der Waals surface area contributed by atoms with Gasteiger partial charge >= 0.3 is 0 Å². The Morgan fingerprint density at radius 1 is 1.52 bits per heavy atom. The van der Waals surface area contributed by atoms with Gasteiger partial charge in [-0.15, -0.1) is 0 Å². The molecule has 1 N–H and O–H groups in total. The van der Waals surface area contributed by atoms with Crippen LogP contribution in [0, 0.1) is 6.92 Å². The van der Waals surface area contributed by atoms with Gasteiger partial charge in [0.15, 0.2) is 6.10 Å². The van der Waals surface area contributed by atoms with E-state index in [4.69, 9.17) is 4.74 Å². The second kappa shape index (κ2) is 5.55. The summed E-state index contributed by atoms with van der Waals surface area (Å²) in [5.74, 6) is 0.707. The van der Waals surface area contributed by atoms with Crippen LogP contribution in [-0.4, -0.2) is 27.0 Å². The molecule has 0 aliphatic carbocycles. The minimum absolute atomic E-state index is 0.105. The van der Waals surface area contributed by atoms with E-state index in [0.29, 0.717) is 13.0 Å². The molecule has 0 bridgehead atoms. The number of rotatable bonds is 3. The van der Waals surface area contributed by atoms with Gasteiger partial charge in [0.1, 0.15) is 11.4 Å². The van der Waals surface area contributed by atoms with Crippen molar-refractivity contribution in [3.8, 4) is 5.75 Å². The summed E-state index contributed by atoms with van der Waals surface area (Å²) in [4.78, 5) is 13.6. The molecule has 1 aromatic carbocycles.